The summed E-state index contributed by atoms with van der Waals surface area (Å²) in [5, 5.41) is 9.34. The molecule has 0 saturated carbocycles. The molecule has 2 aliphatic heterocycles. The fourth-order valence-corrected chi connectivity index (χ4v) is 7.33. The predicted molar refractivity (Wildman–Crippen MR) is 195 cm³/mol. The van der Waals surface area contributed by atoms with Crippen molar-refractivity contribution in [3.8, 4) is 0 Å². The molecular weight excluding hydrogens is 638 g/mol. The van der Waals surface area contributed by atoms with Crippen LogP contribution in [-0.4, -0.2) is 136 Å². The van der Waals surface area contributed by atoms with E-state index < -0.39 is 30.2 Å². The summed E-state index contributed by atoms with van der Waals surface area (Å²) in [7, 11) is 4.90. The Morgan fingerprint density at radius 1 is 1.02 bits per heavy atom. The topological polar surface area (TPSA) is 159 Å². The number of nitrogens with zero attached hydrogens (tertiary/aromatic N) is 3. The molecule has 0 aromatic heterocycles. The molecule has 0 radical (unpaired) electrons. The normalized spacial score (nSPS) is 20.4. The molecule has 50 heavy (non-hydrogen) atoms. The van der Waals surface area contributed by atoms with Crippen LogP contribution >= 0.6 is 0 Å². The monoisotopic (exact) mass is 701 g/mol. The molecule has 1 aromatic rings. The number of nitrogen functional groups attached to an aromatic ring is 1. The molecule has 2 fully saturated rings. The summed E-state index contributed by atoms with van der Waals surface area (Å²) in [4.78, 5) is 60.3. The van der Waals surface area contributed by atoms with Crippen LogP contribution in [0, 0.1) is 17.8 Å². The fraction of sp³-hybridized carbons (Fsp3) is 0.730. The first kappa shape index (κ1) is 41.2. The average Bonchev–Trinajstić information content (AvgIpc) is 3.60. The Balaban J connectivity index is 1.70. The zero-order chi connectivity index (χ0) is 37.0. The van der Waals surface area contributed by atoms with E-state index in [1.54, 1.807) is 50.4 Å². The molecule has 1 aromatic carbocycles. The highest BCUT2D eigenvalue weighted by Gasteiger charge is 2.42. The molecule has 0 aliphatic carbocycles. The molecule has 0 spiro atoms. The smallest absolute Gasteiger partial charge is 0.251 e. The molecule has 282 valence electrons. The van der Waals surface area contributed by atoms with Crippen molar-refractivity contribution < 1.29 is 28.7 Å². The molecule has 2 unspecified atom stereocenters. The van der Waals surface area contributed by atoms with Gasteiger partial charge < -0.3 is 41.0 Å². The van der Waals surface area contributed by atoms with Crippen LogP contribution in [0.15, 0.2) is 24.3 Å². The van der Waals surface area contributed by atoms with Gasteiger partial charge in [0, 0.05) is 78.3 Å². The van der Waals surface area contributed by atoms with E-state index in [4.69, 9.17) is 15.2 Å². The van der Waals surface area contributed by atoms with Crippen molar-refractivity contribution in [3.63, 3.8) is 0 Å². The molecule has 2 saturated heterocycles. The molecular formula is C37H63N7O6. The van der Waals surface area contributed by atoms with E-state index in [1.807, 2.05) is 39.5 Å². The number of carbonyl (C=O) groups excluding carboxylic acids is 4. The van der Waals surface area contributed by atoms with Crippen molar-refractivity contribution in [2.24, 2.45) is 17.8 Å². The number of carbonyl (C=O) groups is 4. The number of anilines is 1. The van der Waals surface area contributed by atoms with Gasteiger partial charge in [-0.25, -0.2) is 0 Å². The van der Waals surface area contributed by atoms with Crippen molar-refractivity contribution in [3.05, 3.63) is 29.8 Å². The Kier molecular flexibility index (Phi) is 16.4. The van der Waals surface area contributed by atoms with Gasteiger partial charge in [-0.15, -0.1) is 0 Å². The summed E-state index contributed by atoms with van der Waals surface area (Å²) in [6, 6.07) is 5.08. The Morgan fingerprint density at radius 2 is 1.68 bits per heavy atom. The number of hydrogen-bond acceptors (Lipinski definition) is 9. The van der Waals surface area contributed by atoms with Crippen LogP contribution in [0.1, 0.15) is 70.7 Å². The highest BCUT2D eigenvalue weighted by Crippen LogP contribution is 2.29. The number of methoxy groups -OCH3 is 2. The van der Waals surface area contributed by atoms with Crippen LogP contribution in [0.25, 0.3) is 0 Å². The number of piperazine rings is 1. The fourth-order valence-electron chi connectivity index (χ4n) is 7.33. The van der Waals surface area contributed by atoms with Gasteiger partial charge in [0.1, 0.15) is 6.04 Å². The van der Waals surface area contributed by atoms with E-state index in [2.05, 4.69) is 20.9 Å². The van der Waals surface area contributed by atoms with Crippen LogP contribution in [0.4, 0.5) is 5.69 Å². The summed E-state index contributed by atoms with van der Waals surface area (Å²) >= 11 is 0. The maximum atomic E-state index is 14.1. The summed E-state index contributed by atoms with van der Waals surface area (Å²) in [6.45, 7) is 15.5. The molecule has 3 rings (SSSR count). The van der Waals surface area contributed by atoms with E-state index >= 15 is 0 Å². The lowest BCUT2D eigenvalue weighted by atomic mass is 9.89. The number of hydrogen-bond donors (Lipinski definition) is 4. The van der Waals surface area contributed by atoms with E-state index in [0.29, 0.717) is 24.3 Å². The SMILES string of the molecule is CC[C@H](C)[C@@H]([C@@H](CC(=O)N1CCCC1[C@H](OC)[C@@H](C)C(=O)NCCN1CCNCC1)OC)N(C)C(=O)C(NC(=O)c1ccc(N)cc1)C(C)C. The summed E-state index contributed by atoms with van der Waals surface area (Å²) < 4.78 is 11.9. The Bertz CT molecular complexity index is 1240. The first-order valence-electron chi connectivity index (χ1n) is 18.3. The molecule has 13 heteroatoms. The third kappa shape index (κ3) is 10.9. The van der Waals surface area contributed by atoms with Crippen LogP contribution in [0.3, 0.4) is 0 Å². The Hall–Kier alpha value is -3.26. The lowest BCUT2D eigenvalue weighted by molar-refractivity contribution is -0.146. The zero-order valence-electron chi connectivity index (χ0n) is 31.6. The van der Waals surface area contributed by atoms with Gasteiger partial charge in [-0.05, 0) is 48.9 Å². The third-order valence-electron chi connectivity index (χ3n) is 10.6. The van der Waals surface area contributed by atoms with Crippen molar-refractivity contribution in [1.82, 2.24) is 30.7 Å². The van der Waals surface area contributed by atoms with Gasteiger partial charge in [-0.3, -0.25) is 24.1 Å². The maximum Gasteiger partial charge on any atom is 0.251 e. The van der Waals surface area contributed by atoms with Gasteiger partial charge in [0.05, 0.1) is 36.6 Å². The first-order chi connectivity index (χ1) is 23.8. The number of ether oxygens (including phenoxy) is 2. The van der Waals surface area contributed by atoms with Crippen molar-refractivity contribution >= 4 is 29.3 Å². The highest BCUT2D eigenvalue weighted by molar-refractivity contribution is 5.98. The number of nitrogens with two attached hydrogens (primary N) is 1. The lowest BCUT2D eigenvalue weighted by Gasteiger charge is -2.40. The number of nitrogens with one attached hydrogen (secondary N) is 3. The van der Waals surface area contributed by atoms with E-state index in [1.165, 1.54) is 0 Å². The molecule has 0 bridgehead atoms. The predicted octanol–water partition coefficient (Wildman–Crippen LogP) is 1.96. The number of likely N-dealkylation sites (N-methyl/N-ethyl adjacent to an activating group) is 1. The maximum absolute atomic E-state index is 14.1. The van der Waals surface area contributed by atoms with Gasteiger partial charge in [-0.1, -0.05) is 41.0 Å². The first-order valence-corrected chi connectivity index (χ1v) is 18.3. The van der Waals surface area contributed by atoms with Crippen molar-refractivity contribution in [2.75, 3.05) is 72.8 Å². The van der Waals surface area contributed by atoms with Crippen LogP contribution in [-0.2, 0) is 23.9 Å². The average molecular weight is 702 g/mol. The number of rotatable bonds is 18. The van der Waals surface area contributed by atoms with E-state index in [-0.39, 0.29) is 47.9 Å². The Labute approximate surface area is 299 Å². The molecule has 5 N–H and O–H groups in total. The summed E-state index contributed by atoms with van der Waals surface area (Å²) in [6.07, 6.45) is 1.29. The molecule has 7 atom stereocenters. The largest absolute Gasteiger partial charge is 0.399 e. The van der Waals surface area contributed by atoms with Gasteiger partial charge in [0.25, 0.3) is 5.91 Å². The molecule has 2 heterocycles. The minimum Gasteiger partial charge on any atom is -0.399 e. The van der Waals surface area contributed by atoms with Crippen molar-refractivity contribution in [1.29, 1.82) is 0 Å². The number of amides is 4. The second-order valence-electron chi connectivity index (χ2n) is 14.3. The molecule has 4 amide bonds. The standard InChI is InChI=1S/C37H63N7O6/c1-9-25(4)33(42(6)37(48)32(24(2)3)41-36(47)27-12-14-28(38)15-13-27)30(49-7)23-31(45)44-19-10-11-29(44)34(50-8)26(5)35(46)40-18-22-43-20-16-39-17-21-43/h12-15,24-26,29-30,32-34,39H,9-11,16-23,38H2,1-8H3,(H,40,46)(H,41,47)/t25-,26+,29?,30+,32?,33-,34+/m0/s1. The van der Waals surface area contributed by atoms with Crippen LogP contribution < -0.4 is 21.7 Å². The third-order valence-corrected chi connectivity index (χ3v) is 10.6. The number of benzene rings is 1. The summed E-state index contributed by atoms with van der Waals surface area (Å²) in [5.74, 6) is -1.44. The lowest BCUT2D eigenvalue weighted by Crippen LogP contribution is -2.57. The zero-order valence-corrected chi connectivity index (χ0v) is 31.6. The van der Waals surface area contributed by atoms with Crippen LogP contribution in [0.5, 0.6) is 0 Å². The minimum atomic E-state index is -0.792. The molecule has 2 aliphatic rings. The Morgan fingerprint density at radius 3 is 2.26 bits per heavy atom. The highest BCUT2D eigenvalue weighted by atomic mass is 16.5. The summed E-state index contributed by atoms with van der Waals surface area (Å²) in [5.41, 5.74) is 6.75. The minimum absolute atomic E-state index is 0.00618. The van der Waals surface area contributed by atoms with Gasteiger partial charge in [0.2, 0.25) is 17.7 Å². The van der Waals surface area contributed by atoms with Crippen molar-refractivity contribution in [2.45, 2.75) is 90.6 Å². The van der Waals surface area contributed by atoms with Gasteiger partial charge in [-0.2, -0.15) is 0 Å². The van der Waals surface area contributed by atoms with Gasteiger partial charge in [0.15, 0.2) is 0 Å². The molecule has 13 nitrogen and oxygen atoms in total. The quantitative estimate of drug-likeness (QED) is 0.168. The second-order valence-corrected chi connectivity index (χ2v) is 14.3. The van der Waals surface area contributed by atoms with Gasteiger partial charge >= 0.3 is 0 Å². The number of likely N-dealkylation sites (tertiary alicyclic amines) is 1. The van der Waals surface area contributed by atoms with E-state index in [9.17, 15) is 19.2 Å². The van der Waals surface area contributed by atoms with Crippen LogP contribution in [0.2, 0.25) is 0 Å². The second kappa shape index (κ2) is 20.0. The van der Waals surface area contributed by atoms with E-state index in [0.717, 1.165) is 52.0 Å².